The third-order valence-electron chi connectivity index (χ3n) is 4.14. The number of ether oxygens (including phenoxy) is 3. The number of nitrogens with zero attached hydrogens (tertiary/aromatic N) is 2. The van der Waals surface area contributed by atoms with E-state index in [-0.39, 0.29) is 17.6 Å². The lowest BCUT2D eigenvalue weighted by atomic mass is 10.2. The van der Waals surface area contributed by atoms with Crippen LogP contribution in [0.3, 0.4) is 0 Å². The van der Waals surface area contributed by atoms with Crippen LogP contribution in [-0.2, 0) is 4.79 Å². The maximum Gasteiger partial charge on any atom is 0.257 e. The minimum atomic E-state index is -0.347. The molecule has 9 nitrogen and oxygen atoms in total. The van der Waals surface area contributed by atoms with Crippen LogP contribution < -0.4 is 24.8 Å². The van der Waals surface area contributed by atoms with Crippen molar-refractivity contribution >= 4 is 45.7 Å². The molecule has 0 atom stereocenters. The molecular formula is C22H24N4O5S2. The van der Waals surface area contributed by atoms with Crippen LogP contribution in [0.2, 0.25) is 0 Å². The molecule has 1 heterocycles. The summed E-state index contributed by atoms with van der Waals surface area (Å²) < 4.78 is 16.9. The number of thioether (sulfide) groups is 1. The van der Waals surface area contributed by atoms with Crippen molar-refractivity contribution in [3.8, 4) is 17.2 Å². The molecule has 0 aliphatic carbocycles. The third-order valence-corrected chi connectivity index (χ3v) is 6.11. The maximum atomic E-state index is 12.6. The van der Waals surface area contributed by atoms with E-state index < -0.39 is 0 Å². The van der Waals surface area contributed by atoms with Crippen molar-refractivity contribution < 1.29 is 23.8 Å². The van der Waals surface area contributed by atoms with E-state index in [9.17, 15) is 9.59 Å². The summed E-state index contributed by atoms with van der Waals surface area (Å²) >= 11 is 2.41. The number of aromatic nitrogens is 2. The van der Waals surface area contributed by atoms with E-state index in [1.807, 2.05) is 26.0 Å². The quantitative estimate of drug-likeness (QED) is 0.303. The molecule has 2 aromatic carbocycles. The highest BCUT2D eigenvalue weighted by Gasteiger charge is 2.15. The summed E-state index contributed by atoms with van der Waals surface area (Å²) in [6, 6.07) is 12.1. The molecule has 0 radical (unpaired) electrons. The molecule has 174 valence electrons. The predicted molar refractivity (Wildman–Crippen MR) is 129 cm³/mol. The van der Waals surface area contributed by atoms with Gasteiger partial charge in [-0.2, -0.15) is 0 Å². The van der Waals surface area contributed by atoms with Gasteiger partial charge in [0.15, 0.2) is 15.8 Å². The molecular weight excluding hydrogens is 464 g/mol. The molecule has 1 aromatic heterocycles. The molecule has 0 bridgehead atoms. The van der Waals surface area contributed by atoms with Gasteiger partial charge in [0.25, 0.3) is 5.91 Å². The van der Waals surface area contributed by atoms with Gasteiger partial charge in [-0.3, -0.25) is 14.9 Å². The number of carbonyl (C=O) groups excluding carboxylic acids is 2. The van der Waals surface area contributed by atoms with Crippen molar-refractivity contribution in [2.24, 2.45) is 0 Å². The van der Waals surface area contributed by atoms with Crippen molar-refractivity contribution in [1.29, 1.82) is 0 Å². The minimum Gasteiger partial charge on any atom is -0.495 e. The second kappa shape index (κ2) is 12.1. The Hall–Kier alpha value is -3.31. The van der Waals surface area contributed by atoms with E-state index in [1.165, 1.54) is 23.1 Å². The monoisotopic (exact) mass is 488 g/mol. The summed E-state index contributed by atoms with van der Waals surface area (Å²) in [7, 11) is 1.54. The lowest BCUT2D eigenvalue weighted by Crippen LogP contribution is -2.14. The molecule has 33 heavy (non-hydrogen) atoms. The molecule has 11 heteroatoms. The van der Waals surface area contributed by atoms with Gasteiger partial charge in [-0.05, 0) is 44.2 Å². The van der Waals surface area contributed by atoms with Crippen LogP contribution in [0.25, 0.3) is 0 Å². The molecule has 3 aromatic rings. The smallest absolute Gasteiger partial charge is 0.257 e. The van der Waals surface area contributed by atoms with Crippen molar-refractivity contribution in [1.82, 2.24) is 10.2 Å². The molecule has 2 amide bonds. The average Bonchev–Trinajstić information content (AvgIpc) is 3.26. The summed E-state index contributed by atoms with van der Waals surface area (Å²) in [5.41, 5.74) is 1.00. The van der Waals surface area contributed by atoms with Gasteiger partial charge >= 0.3 is 0 Å². The van der Waals surface area contributed by atoms with Gasteiger partial charge in [0.2, 0.25) is 11.0 Å². The lowest BCUT2D eigenvalue weighted by Gasteiger charge is -2.12. The van der Waals surface area contributed by atoms with E-state index in [2.05, 4.69) is 20.8 Å². The van der Waals surface area contributed by atoms with Crippen LogP contribution >= 0.6 is 23.1 Å². The molecule has 0 aliphatic rings. The summed E-state index contributed by atoms with van der Waals surface area (Å²) in [5.74, 6) is 1.25. The van der Waals surface area contributed by atoms with Crippen molar-refractivity contribution in [2.45, 2.75) is 18.2 Å². The van der Waals surface area contributed by atoms with Crippen LogP contribution in [0.5, 0.6) is 17.2 Å². The number of amides is 2. The van der Waals surface area contributed by atoms with Gasteiger partial charge in [-0.1, -0.05) is 35.2 Å². The molecule has 0 spiro atoms. The second-order valence-corrected chi connectivity index (χ2v) is 8.59. The number of hydrogen-bond donors (Lipinski definition) is 2. The standard InChI is InChI=1S/C22H24N4O5S2/c1-4-30-17-11-10-14(12-18(17)31-5-2)20(28)24-21-25-26-22(33-21)32-13-19(27)23-15-8-6-7-9-16(15)29-3/h6-12H,4-5,13H2,1-3H3,(H,23,27)(H,24,25,28). The lowest BCUT2D eigenvalue weighted by molar-refractivity contribution is -0.113. The zero-order chi connectivity index (χ0) is 23.6. The van der Waals surface area contributed by atoms with Crippen molar-refractivity contribution in [3.05, 3.63) is 48.0 Å². The van der Waals surface area contributed by atoms with Gasteiger partial charge < -0.3 is 19.5 Å². The largest absolute Gasteiger partial charge is 0.495 e. The SMILES string of the molecule is CCOc1ccc(C(=O)Nc2nnc(SCC(=O)Nc3ccccc3OC)s2)cc1OCC. The highest BCUT2D eigenvalue weighted by molar-refractivity contribution is 8.01. The zero-order valence-corrected chi connectivity index (χ0v) is 20.0. The summed E-state index contributed by atoms with van der Waals surface area (Å²) in [4.78, 5) is 24.9. The normalized spacial score (nSPS) is 10.4. The zero-order valence-electron chi connectivity index (χ0n) is 18.4. The van der Waals surface area contributed by atoms with E-state index in [1.54, 1.807) is 37.4 Å². The van der Waals surface area contributed by atoms with Crippen LogP contribution in [0.1, 0.15) is 24.2 Å². The molecule has 2 N–H and O–H groups in total. The highest BCUT2D eigenvalue weighted by Crippen LogP contribution is 2.30. The molecule has 0 saturated carbocycles. The Bertz CT molecular complexity index is 1110. The van der Waals surface area contributed by atoms with E-state index in [4.69, 9.17) is 14.2 Å². The van der Waals surface area contributed by atoms with E-state index >= 15 is 0 Å². The summed E-state index contributed by atoms with van der Waals surface area (Å²) in [5, 5.41) is 13.9. The fourth-order valence-corrected chi connectivity index (χ4v) is 4.29. The Labute approximate surface area is 199 Å². The van der Waals surface area contributed by atoms with E-state index in [0.717, 1.165) is 0 Å². The van der Waals surface area contributed by atoms with Gasteiger partial charge in [-0.15, -0.1) is 10.2 Å². The van der Waals surface area contributed by atoms with Crippen molar-refractivity contribution in [3.63, 3.8) is 0 Å². The highest BCUT2D eigenvalue weighted by atomic mass is 32.2. The fraction of sp³-hybridized carbons (Fsp3) is 0.273. The van der Waals surface area contributed by atoms with Crippen LogP contribution in [-0.4, -0.2) is 48.1 Å². The Morgan fingerprint density at radius 2 is 1.73 bits per heavy atom. The number of anilines is 2. The Kier molecular flexibility index (Phi) is 8.90. The number of methoxy groups -OCH3 is 1. The predicted octanol–water partition coefficient (Wildman–Crippen LogP) is 4.33. The minimum absolute atomic E-state index is 0.136. The first kappa shape index (κ1) is 24.3. The number of carbonyl (C=O) groups is 2. The van der Waals surface area contributed by atoms with Crippen LogP contribution in [0, 0.1) is 0 Å². The van der Waals surface area contributed by atoms with Gasteiger partial charge in [-0.25, -0.2) is 0 Å². The Morgan fingerprint density at radius 3 is 2.48 bits per heavy atom. The molecule has 0 unspecified atom stereocenters. The fourth-order valence-electron chi connectivity index (χ4n) is 2.74. The Balaban J connectivity index is 1.56. The molecule has 0 fully saturated rings. The number of hydrogen-bond acceptors (Lipinski definition) is 9. The number of para-hydroxylation sites is 2. The van der Waals surface area contributed by atoms with Crippen molar-refractivity contribution in [2.75, 3.05) is 36.7 Å². The third kappa shape index (κ3) is 6.83. The molecule has 3 rings (SSSR count). The van der Waals surface area contributed by atoms with Crippen LogP contribution in [0.4, 0.5) is 10.8 Å². The molecule has 0 aliphatic heterocycles. The summed E-state index contributed by atoms with van der Waals surface area (Å²) in [6.07, 6.45) is 0. The summed E-state index contributed by atoms with van der Waals surface area (Å²) in [6.45, 7) is 4.68. The Morgan fingerprint density at radius 1 is 0.970 bits per heavy atom. The van der Waals surface area contributed by atoms with Crippen LogP contribution in [0.15, 0.2) is 46.8 Å². The first-order valence-electron chi connectivity index (χ1n) is 10.1. The second-order valence-electron chi connectivity index (χ2n) is 6.39. The first-order valence-corrected chi connectivity index (χ1v) is 11.9. The average molecular weight is 489 g/mol. The number of rotatable bonds is 11. The number of nitrogens with one attached hydrogen (secondary N) is 2. The molecule has 0 saturated heterocycles. The maximum absolute atomic E-state index is 12.6. The van der Waals surface area contributed by atoms with Gasteiger partial charge in [0.1, 0.15) is 5.75 Å². The van der Waals surface area contributed by atoms with Gasteiger partial charge in [0, 0.05) is 5.56 Å². The van der Waals surface area contributed by atoms with Gasteiger partial charge in [0.05, 0.1) is 31.8 Å². The first-order chi connectivity index (χ1) is 16.0. The topological polar surface area (TPSA) is 112 Å². The van der Waals surface area contributed by atoms with E-state index in [0.29, 0.717) is 51.2 Å². The number of benzene rings is 2.